The van der Waals surface area contributed by atoms with E-state index in [-0.39, 0.29) is 5.69 Å². The summed E-state index contributed by atoms with van der Waals surface area (Å²) >= 11 is 0. The van der Waals surface area contributed by atoms with Gasteiger partial charge in [-0.3, -0.25) is 4.68 Å². The normalized spacial score (nSPS) is 11.8. The fourth-order valence-electron chi connectivity index (χ4n) is 1.61. The largest absolute Gasteiger partial charge is 0.433 e. The van der Waals surface area contributed by atoms with Crippen LogP contribution in [0.4, 0.5) is 19.1 Å². The van der Waals surface area contributed by atoms with Crippen LogP contribution in [0, 0.1) is 0 Å². The van der Waals surface area contributed by atoms with E-state index in [1.807, 2.05) is 6.92 Å². The van der Waals surface area contributed by atoms with Crippen LogP contribution in [-0.2, 0) is 12.7 Å². The molecule has 2 rings (SSSR count). The molecule has 0 saturated carbocycles. The number of hydrogen-bond donors (Lipinski definition) is 1. The molecule has 0 radical (unpaired) electrons. The Morgan fingerprint density at radius 2 is 2.05 bits per heavy atom. The van der Waals surface area contributed by atoms with E-state index >= 15 is 0 Å². The summed E-state index contributed by atoms with van der Waals surface area (Å²) in [5.41, 5.74) is 4.85. The van der Waals surface area contributed by atoms with Crippen LogP contribution in [0.15, 0.2) is 18.5 Å². The minimum absolute atomic E-state index is 0.113. The van der Waals surface area contributed by atoms with E-state index in [2.05, 4.69) is 15.1 Å². The van der Waals surface area contributed by atoms with Crippen LogP contribution in [-0.4, -0.2) is 19.7 Å². The zero-order valence-corrected chi connectivity index (χ0v) is 10.1. The quantitative estimate of drug-likeness (QED) is 0.930. The molecule has 0 fully saturated rings. The third-order valence-corrected chi connectivity index (χ3v) is 2.42. The van der Waals surface area contributed by atoms with Crippen molar-refractivity contribution in [3.8, 4) is 11.3 Å². The van der Waals surface area contributed by atoms with E-state index in [4.69, 9.17) is 5.73 Å². The zero-order chi connectivity index (χ0) is 14.0. The first-order valence-corrected chi connectivity index (χ1v) is 5.64. The molecule has 0 aliphatic heterocycles. The van der Waals surface area contributed by atoms with Crippen LogP contribution in [0.5, 0.6) is 0 Å². The molecule has 0 saturated heterocycles. The van der Waals surface area contributed by atoms with Gasteiger partial charge < -0.3 is 5.73 Å². The van der Waals surface area contributed by atoms with Crippen LogP contribution >= 0.6 is 0 Å². The molecule has 0 bridgehead atoms. The standard InChI is InChI=1S/C11H12F3N5/c1-2-3-19-6-7(5-16-19)8-4-9(11(12,13)14)18-10(15)17-8/h4-6H,2-3H2,1H3,(H2,15,17,18). The first-order chi connectivity index (χ1) is 8.90. The summed E-state index contributed by atoms with van der Waals surface area (Å²) < 4.78 is 39.5. The minimum Gasteiger partial charge on any atom is -0.368 e. The summed E-state index contributed by atoms with van der Waals surface area (Å²) in [4.78, 5) is 6.99. The molecule has 2 N–H and O–H groups in total. The number of halogens is 3. The Labute approximate surface area is 107 Å². The van der Waals surface area contributed by atoms with Gasteiger partial charge in [0, 0.05) is 18.3 Å². The molecule has 2 heterocycles. The molecule has 19 heavy (non-hydrogen) atoms. The third-order valence-electron chi connectivity index (χ3n) is 2.42. The molecular weight excluding hydrogens is 259 g/mol. The van der Waals surface area contributed by atoms with Crippen LogP contribution in [0.25, 0.3) is 11.3 Å². The molecule has 5 nitrogen and oxygen atoms in total. The van der Waals surface area contributed by atoms with Crippen molar-refractivity contribution in [3.05, 3.63) is 24.2 Å². The summed E-state index contributed by atoms with van der Waals surface area (Å²) in [7, 11) is 0. The average molecular weight is 271 g/mol. The maximum absolute atomic E-state index is 12.6. The van der Waals surface area contributed by atoms with Crippen LogP contribution in [0.3, 0.4) is 0 Å². The highest BCUT2D eigenvalue weighted by atomic mass is 19.4. The van der Waals surface area contributed by atoms with Crippen molar-refractivity contribution >= 4 is 5.95 Å². The monoisotopic (exact) mass is 271 g/mol. The van der Waals surface area contributed by atoms with Crippen molar-refractivity contribution in [1.82, 2.24) is 19.7 Å². The predicted molar refractivity (Wildman–Crippen MR) is 63.0 cm³/mol. The molecule has 0 aliphatic rings. The molecule has 0 aliphatic carbocycles. The average Bonchev–Trinajstić information content (AvgIpc) is 2.76. The Balaban J connectivity index is 2.41. The van der Waals surface area contributed by atoms with E-state index in [1.165, 1.54) is 6.20 Å². The highest BCUT2D eigenvalue weighted by Crippen LogP contribution is 2.30. The van der Waals surface area contributed by atoms with Crippen LogP contribution in [0.1, 0.15) is 19.0 Å². The van der Waals surface area contributed by atoms with Gasteiger partial charge in [-0.1, -0.05) is 6.92 Å². The highest BCUT2D eigenvalue weighted by molar-refractivity contribution is 5.58. The van der Waals surface area contributed by atoms with Crippen molar-refractivity contribution < 1.29 is 13.2 Å². The van der Waals surface area contributed by atoms with Gasteiger partial charge in [-0.2, -0.15) is 18.3 Å². The predicted octanol–water partition coefficient (Wildman–Crippen LogP) is 2.35. The number of alkyl halides is 3. The number of aryl methyl sites for hydroxylation is 1. The molecule has 0 aromatic carbocycles. The number of nitrogens with two attached hydrogens (primary N) is 1. The van der Waals surface area contributed by atoms with Gasteiger partial charge in [0.05, 0.1) is 11.9 Å². The second-order valence-electron chi connectivity index (χ2n) is 3.99. The van der Waals surface area contributed by atoms with Crippen molar-refractivity contribution in [2.24, 2.45) is 0 Å². The molecule has 2 aromatic heterocycles. The number of nitrogens with zero attached hydrogens (tertiary/aromatic N) is 4. The van der Waals surface area contributed by atoms with Gasteiger partial charge in [-0.15, -0.1) is 0 Å². The Hall–Kier alpha value is -2.12. The lowest BCUT2D eigenvalue weighted by Crippen LogP contribution is -2.11. The number of hydrogen-bond acceptors (Lipinski definition) is 4. The number of nitrogen functional groups attached to an aromatic ring is 1. The highest BCUT2D eigenvalue weighted by Gasteiger charge is 2.33. The molecule has 0 unspecified atom stereocenters. The first kappa shape index (κ1) is 13.3. The summed E-state index contributed by atoms with van der Waals surface area (Å²) in [6.07, 6.45) is -0.588. The summed E-state index contributed by atoms with van der Waals surface area (Å²) in [5.74, 6) is -0.409. The van der Waals surface area contributed by atoms with E-state index in [0.717, 1.165) is 12.5 Å². The third kappa shape index (κ3) is 3.01. The molecule has 8 heteroatoms. The second-order valence-corrected chi connectivity index (χ2v) is 3.99. The Bertz CT molecular complexity index is 576. The van der Waals surface area contributed by atoms with E-state index in [0.29, 0.717) is 12.1 Å². The maximum Gasteiger partial charge on any atom is 0.433 e. The van der Waals surface area contributed by atoms with E-state index in [9.17, 15) is 13.2 Å². The van der Waals surface area contributed by atoms with E-state index in [1.54, 1.807) is 10.9 Å². The molecule has 2 aromatic rings. The Morgan fingerprint density at radius 1 is 1.32 bits per heavy atom. The lowest BCUT2D eigenvalue weighted by molar-refractivity contribution is -0.141. The molecule has 102 valence electrons. The van der Waals surface area contributed by atoms with Crippen molar-refractivity contribution in [2.75, 3.05) is 5.73 Å². The molecule has 0 amide bonds. The summed E-state index contributed by atoms with van der Waals surface area (Å²) in [6, 6.07) is 0.865. The molecule has 0 atom stereocenters. The smallest absolute Gasteiger partial charge is 0.368 e. The first-order valence-electron chi connectivity index (χ1n) is 5.64. The van der Waals surface area contributed by atoms with Gasteiger partial charge in [0.15, 0.2) is 5.69 Å². The number of rotatable bonds is 3. The topological polar surface area (TPSA) is 69.6 Å². The van der Waals surface area contributed by atoms with Gasteiger partial charge in [-0.25, -0.2) is 9.97 Å². The lowest BCUT2D eigenvalue weighted by atomic mass is 10.2. The van der Waals surface area contributed by atoms with E-state index < -0.39 is 17.8 Å². The zero-order valence-electron chi connectivity index (χ0n) is 10.1. The minimum atomic E-state index is -4.55. The Morgan fingerprint density at radius 3 is 2.68 bits per heavy atom. The maximum atomic E-state index is 12.6. The number of aromatic nitrogens is 4. The van der Waals surface area contributed by atoms with Gasteiger partial charge in [0.25, 0.3) is 0 Å². The summed E-state index contributed by atoms with van der Waals surface area (Å²) in [5, 5.41) is 4.04. The van der Waals surface area contributed by atoms with Crippen molar-refractivity contribution in [1.29, 1.82) is 0 Å². The van der Waals surface area contributed by atoms with Gasteiger partial charge >= 0.3 is 6.18 Å². The van der Waals surface area contributed by atoms with Gasteiger partial charge in [0.1, 0.15) is 0 Å². The van der Waals surface area contributed by atoms with Crippen LogP contribution < -0.4 is 5.73 Å². The van der Waals surface area contributed by atoms with Crippen molar-refractivity contribution in [2.45, 2.75) is 26.1 Å². The molecule has 0 spiro atoms. The molecular formula is C11H12F3N5. The summed E-state index contributed by atoms with van der Waals surface area (Å²) in [6.45, 7) is 2.67. The van der Waals surface area contributed by atoms with Crippen LogP contribution in [0.2, 0.25) is 0 Å². The second kappa shape index (κ2) is 4.87. The SMILES string of the molecule is CCCn1cc(-c2cc(C(F)(F)F)nc(N)n2)cn1. The Kier molecular flexibility index (Phi) is 3.41. The van der Waals surface area contributed by atoms with Crippen molar-refractivity contribution in [3.63, 3.8) is 0 Å². The number of anilines is 1. The lowest BCUT2D eigenvalue weighted by Gasteiger charge is -2.07. The van der Waals surface area contributed by atoms with Gasteiger partial charge in [-0.05, 0) is 12.5 Å². The van der Waals surface area contributed by atoms with Gasteiger partial charge in [0.2, 0.25) is 5.95 Å². The fraction of sp³-hybridized carbons (Fsp3) is 0.364. The fourth-order valence-corrected chi connectivity index (χ4v) is 1.61.